The molecule has 0 aromatic carbocycles. The lowest BCUT2D eigenvalue weighted by atomic mass is 9.96. The van der Waals surface area contributed by atoms with Gasteiger partial charge >= 0.3 is 0 Å². The van der Waals surface area contributed by atoms with Crippen LogP contribution in [0.3, 0.4) is 0 Å². The predicted octanol–water partition coefficient (Wildman–Crippen LogP) is 2.35. The third-order valence-electron chi connectivity index (χ3n) is 5.92. The molecule has 1 amide bonds. The van der Waals surface area contributed by atoms with E-state index in [0.29, 0.717) is 17.1 Å². The monoisotopic (exact) mass is 423 g/mol. The van der Waals surface area contributed by atoms with E-state index in [0.717, 1.165) is 50.8 Å². The van der Waals surface area contributed by atoms with Gasteiger partial charge in [0.15, 0.2) is 5.65 Å². The molecule has 4 heterocycles. The average molecular weight is 423 g/mol. The van der Waals surface area contributed by atoms with Crippen LogP contribution >= 0.6 is 0 Å². The number of pyridine rings is 2. The van der Waals surface area contributed by atoms with E-state index in [-0.39, 0.29) is 23.2 Å². The summed E-state index contributed by atoms with van der Waals surface area (Å²) < 4.78 is 14.7. The fraction of sp³-hybridized carbons (Fsp3) is 0.455. The number of aryl methyl sites for hydroxylation is 1. The first kappa shape index (κ1) is 19.7. The Labute approximate surface area is 179 Å². The summed E-state index contributed by atoms with van der Waals surface area (Å²) in [7, 11) is 1.64. The smallest absolute Gasteiger partial charge is 0.274 e. The molecule has 1 atom stereocenters. The highest BCUT2D eigenvalue weighted by Crippen LogP contribution is 2.29. The number of amides is 1. The number of fused-ring (bicyclic) bond motifs is 1. The molecular formula is C22H25N5O4. The first-order valence-electron chi connectivity index (χ1n) is 10.7. The Hall–Kier alpha value is -3.20. The van der Waals surface area contributed by atoms with Crippen LogP contribution in [0.4, 0.5) is 5.69 Å². The third kappa shape index (κ3) is 4.05. The lowest BCUT2D eigenvalue weighted by Crippen LogP contribution is -2.27. The molecule has 0 radical (unpaired) electrons. The van der Waals surface area contributed by atoms with E-state index in [4.69, 9.17) is 9.47 Å². The zero-order valence-electron chi connectivity index (χ0n) is 17.4. The largest absolute Gasteiger partial charge is 0.474 e. The van der Waals surface area contributed by atoms with E-state index in [9.17, 15) is 9.59 Å². The summed E-state index contributed by atoms with van der Waals surface area (Å²) in [5.74, 6) is 0.262. The van der Waals surface area contributed by atoms with Gasteiger partial charge in [0, 0.05) is 43.9 Å². The lowest BCUT2D eigenvalue weighted by Gasteiger charge is -2.26. The highest BCUT2D eigenvalue weighted by molar-refractivity contribution is 6.07. The summed E-state index contributed by atoms with van der Waals surface area (Å²) >= 11 is 0. The van der Waals surface area contributed by atoms with E-state index in [1.807, 2.05) is 10.9 Å². The molecule has 1 saturated heterocycles. The van der Waals surface area contributed by atoms with Crippen molar-refractivity contribution in [2.45, 2.75) is 38.3 Å². The maximum atomic E-state index is 13.1. The second-order valence-electron chi connectivity index (χ2n) is 8.30. The van der Waals surface area contributed by atoms with E-state index < -0.39 is 5.91 Å². The number of carbonyl (C=O) groups is 1. The van der Waals surface area contributed by atoms with Crippen LogP contribution in [-0.4, -0.2) is 44.6 Å². The Bertz CT molecular complexity index is 1170. The SMILES string of the molecule is Cn1cccc(NC(=O)c2cc3cn(C[C@@H]4CCOC4)nc3nc2OC2CCC2)c1=O. The van der Waals surface area contributed by atoms with E-state index in [1.165, 1.54) is 4.57 Å². The summed E-state index contributed by atoms with van der Waals surface area (Å²) in [6, 6.07) is 5.04. The maximum absolute atomic E-state index is 13.1. The quantitative estimate of drug-likeness (QED) is 0.653. The van der Waals surface area contributed by atoms with Gasteiger partial charge in [0.05, 0.1) is 6.61 Å². The molecule has 3 aromatic heterocycles. The summed E-state index contributed by atoms with van der Waals surface area (Å²) in [6.45, 7) is 2.27. The molecule has 9 heteroatoms. The molecule has 5 rings (SSSR count). The standard InChI is InChI=1S/C22H25N5O4/c1-26-8-3-6-18(22(26)29)23-20(28)17-10-15-12-27(11-14-7-9-30-13-14)25-19(15)24-21(17)31-16-4-2-5-16/h3,6,8,10,12,14,16H,2,4-5,7,9,11,13H2,1H3,(H,23,28)/t14-/m0/s1. The van der Waals surface area contributed by atoms with Gasteiger partial charge in [-0.05, 0) is 43.9 Å². The lowest BCUT2D eigenvalue weighted by molar-refractivity contribution is 0.0981. The molecule has 1 saturated carbocycles. The molecule has 3 aromatic rings. The zero-order chi connectivity index (χ0) is 21.4. The Morgan fingerprint density at radius 1 is 1.35 bits per heavy atom. The van der Waals surface area contributed by atoms with Gasteiger partial charge in [-0.2, -0.15) is 10.1 Å². The van der Waals surface area contributed by atoms with Gasteiger partial charge in [-0.1, -0.05) is 0 Å². The predicted molar refractivity (Wildman–Crippen MR) is 114 cm³/mol. The van der Waals surface area contributed by atoms with Crippen LogP contribution in [-0.2, 0) is 18.3 Å². The van der Waals surface area contributed by atoms with Crippen molar-refractivity contribution in [1.29, 1.82) is 0 Å². The number of hydrogen-bond donors (Lipinski definition) is 1. The van der Waals surface area contributed by atoms with Gasteiger partial charge < -0.3 is 19.4 Å². The number of carbonyl (C=O) groups excluding carboxylic acids is 1. The summed E-state index contributed by atoms with van der Waals surface area (Å²) in [4.78, 5) is 30.0. The molecule has 9 nitrogen and oxygen atoms in total. The van der Waals surface area contributed by atoms with Gasteiger partial charge in [0.2, 0.25) is 5.88 Å². The molecule has 31 heavy (non-hydrogen) atoms. The molecule has 1 aliphatic carbocycles. The van der Waals surface area contributed by atoms with Crippen molar-refractivity contribution in [1.82, 2.24) is 19.3 Å². The van der Waals surface area contributed by atoms with Crippen molar-refractivity contribution in [2.75, 3.05) is 18.5 Å². The van der Waals surface area contributed by atoms with Crippen LogP contribution in [0.25, 0.3) is 11.0 Å². The van der Waals surface area contributed by atoms with E-state index in [2.05, 4.69) is 15.4 Å². The highest BCUT2D eigenvalue weighted by Gasteiger charge is 2.25. The number of nitrogens with zero attached hydrogens (tertiary/aromatic N) is 4. The van der Waals surface area contributed by atoms with Crippen LogP contribution < -0.4 is 15.6 Å². The second kappa shape index (κ2) is 8.14. The number of anilines is 1. The minimum Gasteiger partial charge on any atom is -0.474 e. The first-order valence-corrected chi connectivity index (χ1v) is 10.7. The van der Waals surface area contributed by atoms with Gasteiger partial charge in [0.25, 0.3) is 11.5 Å². The maximum Gasteiger partial charge on any atom is 0.274 e. The molecule has 162 valence electrons. The molecule has 2 aliphatic rings. The zero-order valence-corrected chi connectivity index (χ0v) is 17.4. The first-order chi connectivity index (χ1) is 15.1. The van der Waals surface area contributed by atoms with Gasteiger partial charge in [-0.3, -0.25) is 14.3 Å². The van der Waals surface area contributed by atoms with Crippen LogP contribution in [0.1, 0.15) is 36.0 Å². The normalized spacial score (nSPS) is 18.8. The van der Waals surface area contributed by atoms with Crippen LogP contribution in [0.15, 0.2) is 35.4 Å². The summed E-state index contributed by atoms with van der Waals surface area (Å²) in [6.07, 6.45) is 7.59. The van der Waals surface area contributed by atoms with Crippen molar-refractivity contribution in [3.63, 3.8) is 0 Å². The van der Waals surface area contributed by atoms with Crippen molar-refractivity contribution >= 4 is 22.6 Å². The Morgan fingerprint density at radius 2 is 2.23 bits per heavy atom. The molecule has 0 spiro atoms. The third-order valence-corrected chi connectivity index (χ3v) is 5.92. The Balaban J connectivity index is 1.47. The van der Waals surface area contributed by atoms with Gasteiger partial charge in [-0.25, -0.2) is 0 Å². The van der Waals surface area contributed by atoms with Crippen molar-refractivity contribution < 1.29 is 14.3 Å². The second-order valence-corrected chi connectivity index (χ2v) is 8.30. The summed E-state index contributed by atoms with van der Waals surface area (Å²) in [5, 5.41) is 8.05. The highest BCUT2D eigenvalue weighted by atomic mass is 16.5. The summed E-state index contributed by atoms with van der Waals surface area (Å²) in [5.41, 5.74) is 0.772. The topological polar surface area (TPSA) is 100 Å². The van der Waals surface area contributed by atoms with Crippen molar-refractivity contribution in [3.05, 3.63) is 46.5 Å². The van der Waals surface area contributed by atoms with Crippen molar-refractivity contribution in [3.8, 4) is 5.88 Å². The van der Waals surface area contributed by atoms with Gasteiger partial charge in [-0.15, -0.1) is 0 Å². The molecule has 2 fully saturated rings. The minimum atomic E-state index is -0.427. The molecular weight excluding hydrogens is 398 g/mol. The Kier molecular flexibility index (Phi) is 5.19. The van der Waals surface area contributed by atoms with Gasteiger partial charge in [0.1, 0.15) is 17.4 Å². The fourth-order valence-electron chi connectivity index (χ4n) is 3.86. The molecule has 0 unspecified atom stereocenters. The minimum absolute atomic E-state index is 0.0545. The van der Waals surface area contributed by atoms with Crippen LogP contribution in [0, 0.1) is 5.92 Å². The fourth-order valence-corrected chi connectivity index (χ4v) is 3.86. The van der Waals surface area contributed by atoms with Crippen LogP contribution in [0.2, 0.25) is 0 Å². The average Bonchev–Trinajstić information content (AvgIpc) is 3.36. The number of hydrogen-bond acceptors (Lipinski definition) is 6. The molecule has 1 N–H and O–H groups in total. The number of ether oxygens (including phenoxy) is 2. The molecule has 0 bridgehead atoms. The Morgan fingerprint density at radius 3 is 2.97 bits per heavy atom. The number of nitrogens with one attached hydrogen (secondary N) is 1. The number of aromatic nitrogens is 4. The van der Waals surface area contributed by atoms with Crippen LogP contribution in [0.5, 0.6) is 5.88 Å². The van der Waals surface area contributed by atoms with Crippen molar-refractivity contribution in [2.24, 2.45) is 13.0 Å². The van der Waals surface area contributed by atoms with E-state index in [1.54, 1.807) is 31.4 Å². The van der Waals surface area contributed by atoms with E-state index >= 15 is 0 Å². The molecule has 1 aliphatic heterocycles. The number of rotatable bonds is 6.